The highest BCUT2D eigenvalue weighted by atomic mass is 14.8. The summed E-state index contributed by atoms with van der Waals surface area (Å²) in [6.07, 6.45) is 4.83. The molecule has 1 unspecified atom stereocenters. The normalized spacial score (nSPS) is 12.1. The van der Waals surface area contributed by atoms with Crippen molar-refractivity contribution in [1.29, 1.82) is 0 Å². The summed E-state index contributed by atoms with van der Waals surface area (Å²) < 4.78 is 0. The Balaban J connectivity index is 3.30. The van der Waals surface area contributed by atoms with Crippen molar-refractivity contribution < 1.29 is 0 Å². The van der Waals surface area contributed by atoms with E-state index in [-0.39, 0.29) is 0 Å². The third-order valence-corrected chi connectivity index (χ3v) is 1.38. The second-order valence-corrected chi connectivity index (χ2v) is 2.02. The van der Waals surface area contributed by atoms with Crippen molar-refractivity contribution in [3.8, 4) is 0 Å². The summed E-state index contributed by atoms with van der Waals surface area (Å²) in [5, 5.41) is 3.04. The lowest BCUT2D eigenvalue weighted by Gasteiger charge is -2.07. The van der Waals surface area contributed by atoms with Gasteiger partial charge in [0.15, 0.2) is 0 Å². The highest BCUT2D eigenvalue weighted by Gasteiger charge is 1.95. The maximum atomic E-state index is 3.71. The Kier molecular flexibility index (Phi) is 4.98. The fourth-order valence-corrected chi connectivity index (χ4v) is 0.629. The van der Waals surface area contributed by atoms with Gasteiger partial charge in [-0.2, -0.15) is 0 Å². The quantitative estimate of drug-likeness (QED) is 0.554. The third-order valence-electron chi connectivity index (χ3n) is 1.38. The van der Waals surface area contributed by atoms with Crippen LogP contribution in [-0.2, 0) is 0 Å². The van der Waals surface area contributed by atoms with Crippen LogP contribution in [0.15, 0.2) is 25.4 Å². The zero-order valence-corrected chi connectivity index (χ0v) is 6.06. The van der Waals surface area contributed by atoms with Crippen LogP contribution in [0, 0.1) is 5.92 Å². The molecule has 0 aromatic carbocycles. The molecule has 1 heteroatoms. The fraction of sp³-hybridized carbons (Fsp3) is 0.500. The molecule has 0 amide bonds. The van der Waals surface area contributed by atoms with Crippen LogP contribution in [0.2, 0.25) is 0 Å². The molecular weight excluding hydrogens is 110 g/mol. The van der Waals surface area contributed by atoms with Gasteiger partial charge in [-0.05, 0) is 18.5 Å². The lowest BCUT2D eigenvalue weighted by Crippen LogP contribution is -2.14. The van der Waals surface area contributed by atoms with Crippen LogP contribution in [0.4, 0.5) is 0 Å². The van der Waals surface area contributed by atoms with E-state index in [9.17, 15) is 0 Å². The second kappa shape index (κ2) is 5.42. The molecule has 9 heavy (non-hydrogen) atoms. The Morgan fingerprint density at radius 1 is 1.56 bits per heavy atom. The van der Waals surface area contributed by atoms with Gasteiger partial charge in [-0.15, -0.1) is 6.58 Å². The van der Waals surface area contributed by atoms with Crippen LogP contribution < -0.4 is 5.32 Å². The SMILES string of the molecule is C=CNCC(C=C)CC. The third kappa shape index (κ3) is 3.83. The van der Waals surface area contributed by atoms with Gasteiger partial charge in [0.05, 0.1) is 0 Å². The molecule has 0 radical (unpaired) electrons. The Morgan fingerprint density at radius 3 is 2.56 bits per heavy atom. The van der Waals surface area contributed by atoms with Crippen molar-refractivity contribution in [2.45, 2.75) is 13.3 Å². The molecule has 0 aromatic heterocycles. The number of rotatable bonds is 5. The summed E-state index contributed by atoms with van der Waals surface area (Å²) >= 11 is 0. The van der Waals surface area contributed by atoms with E-state index >= 15 is 0 Å². The van der Waals surface area contributed by atoms with E-state index in [0.717, 1.165) is 13.0 Å². The van der Waals surface area contributed by atoms with E-state index < -0.39 is 0 Å². The van der Waals surface area contributed by atoms with Gasteiger partial charge in [0.2, 0.25) is 0 Å². The largest absolute Gasteiger partial charge is 0.391 e. The van der Waals surface area contributed by atoms with Gasteiger partial charge in [-0.1, -0.05) is 19.6 Å². The molecule has 0 bridgehead atoms. The van der Waals surface area contributed by atoms with Crippen molar-refractivity contribution >= 4 is 0 Å². The first-order valence-corrected chi connectivity index (χ1v) is 3.32. The smallest absolute Gasteiger partial charge is 0.0204 e. The fourth-order valence-electron chi connectivity index (χ4n) is 0.629. The topological polar surface area (TPSA) is 12.0 Å². The van der Waals surface area contributed by atoms with E-state index in [4.69, 9.17) is 0 Å². The Labute approximate surface area is 57.5 Å². The van der Waals surface area contributed by atoms with E-state index in [1.165, 1.54) is 0 Å². The van der Waals surface area contributed by atoms with Crippen LogP contribution in [-0.4, -0.2) is 6.54 Å². The van der Waals surface area contributed by atoms with E-state index in [1.807, 2.05) is 6.08 Å². The maximum Gasteiger partial charge on any atom is 0.0204 e. The van der Waals surface area contributed by atoms with Gasteiger partial charge < -0.3 is 5.32 Å². The molecule has 0 rings (SSSR count). The van der Waals surface area contributed by atoms with E-state index in [1.54, 1.807) is 6.20 Å². The van der Waals surface area contributed by atoms with Crippen LogP contribution >= 0.6 is 0 Å². The van der Waals surface area contributed by atoms with Crippen molar-refractivity contribution in [1.82, 2.24) is 5.32 Å². The average Bonchev–Trinajstić information content (AvgIpc) is 1.91. The molecule has 52 valence electrons. The molecule has 0 spiro atoms. The molecule has 1 atom stereocenters. The predicted octanol–water partition coefficient (Wildman–Crippen LogP) is 1.93. The lowest BCUT2D eigenvalue weighted by atomic mass is 10.1. The summed E-state index contributed by atoms with van der Waals surface area (Å²) in [5.74, 6) is 0.586. The predicted molar refractivity (Wildman–Crippen MR) is 42.2 cm³/mol. The maximum absolute atomic E-state index is 3.71. The van der Waals surface area contributed by atoms with Crippen LogP contribution in [0.1, 0.15) is 13.3 Å². The Morgan fingerprint density at radius 2 is 2.22 bits per heavy atom. The number of hydrogen-bond donors (Lipinski definition) is 1. The lowest BCUT2D eigenvalue weighted by molar-refractivity contribution is 0.597. The molecule has 0 aliphatic rings. The van der Waals surface area contributed by atoms with Gasteiger partial charge in [0, 0.05) is 6.54 Å². The van der Waals surface area contributed by atoms with E-state index in [0.29, 0.717) is 5.92 Å². The molecule has 0 aromatic rings. The van der Waals surface area contributed by atoms with Gasteiger partial charge in [-0.25, -0.2) is 0 Å². The standard InChI is InChI=1S/C8H15N/c1-4-8(5-2)7-9-6-3/h4,6,8-9H,1,3,5,7H2,2H3. The summed E-state index contributed by atoms with van der Waals surface area (Å²) in [5.41, 5.74) is 0. The highest BCUT2D eigenvalue weighted by molar-refractivity contribution is 4.81. The first-order valence-electron chi connectivity index (χ1n) is 3.32. The first kappa shape index (κ1) is 8.28. The number of nitrogens with one attached hydrogen (secondary N) is 1. The van der Waals surface area contributed by atoms with E-state index in [2.05, 4.69) is 25.4 Å². The molecule has 0 aliphatic heterocycles. The summed E-state index contributed by atoms with van der Waals surface area (Å²) in [6, 6.07) is 0. The number of hydrogen-bond acceptors (Lipinski definition) is 1. The van der Waals surface area contributed by atoms with Gasteiger partial charge in [-0.3, -0.25) is 0 Å². The minimum Gasteiger partial charge on any atom is -0.391 e. The van der Waals surface area contributed by atoms with Crippen molar-refractivity contribution in [2.75, 3.05) is 6.54 Å². The molecule has 0 saturated carbocycles. The molecular formula is C8H15N. The second-order valence-electron chi connectivity index (χ2n) is 2.02. The Bertz CT molecular complexity index is 86.6. The molecule has 0 saturated heterocycles. The molecule has 1 N–H and O–H groups in total. The molecule has 0 fully saturated rings. The highest BCUT2D eigenvalue weighted by Crippen LogP contribution is 1.99. The minimum absolute atomic E-state index is 0.586. The molecule has 0 heterocycles. The Hall–Kier alpha value is -0.720. The van der Waals surface area contributed by atoms with Gasteiger partial charge >= 0.3 is 0 Å². The molecule has 1 nitrogen and oxygen atoms in total. The van der Waals surface area contributed by atoms with Gasteiger partial charge in [0.1, 0.15) is 0 Å². The van der Waals surface area contributed by atoms with Gasteiger partial charge in [0.25, 0.3) is 0 Å². The van der Waals surface area contributed by atoms with Crippen LogP contribution in [0.3, 0.4) is 0 Å². The monoisotopic (exact) mass is 125 g/mol. The summed E-state index contributed by atoms with van der Waals surface area (Å²) in [6.45, 7) is 10.4. The zero-order chi connectivity index (χ0) is 7.11. The molecule has 0 aliphatic carbocycles. The van der Waals surface area contributed by atoms with Crippen molar-refractivity contribution in [2.24, 2.45) is 5.92 Å². The average molecular weight is 125 g/mol. The minimum atomic E-state index is 0.586. The summed E-state index contributed by atoms with van der Waals surface area (Å²) in [7, 11) is 0. The summed E-state index contributed by atoms with van der Waals surface area (Å²) in [4.78, 5) is 0. The zero-order valence-electron chi connectivity index (χ0n) is 6.06. The van der Waals surface area contributed by atoms with Crippen molar-refractivity contribution in [3.05, 3.63) is 25.4 Å². The van der Waals surface area contributed by atoms with Crippen LogP contribution in [0.5, 0.6) is 0 Å². The van der Waals surface area contributed by atoms with Crippen molar-refractivity contribution in [3.63, 3.8) is 0 Å². The first-order chi connectivity index (χ1) is 4.35. The van der Waals surface area contributed by atoms with Crippen LogP contribution in [0.25, 0.3) is 0 Å².